The van der Waals surface area contributed by atoms with Crippen LogP contribution in [0.1, 0.15) is 49.8 Å². The Bertz CT molecular complexity index is 1100. The Hall–Kier alpha value is -3.21. The average Bonchev–Trinajstić information content (AvgIpc) is 2.72. The van der Waals surface area contributed by atoms with Crippen LogP contribution in [0.2, 0.25) is 0 Å². The zero-order valence-electron chi connectivity index (χ0n) is 16.1. The minimum absolute atomic E-state index is 0.0742. The highest BCUT2D eigenvalue weighted by Crippen LogP contribution is 2.38. The van der Waals surface area contributed by atoms with Gasteiger partial charge in [-0.25, -0.2) is 4.98 Å². The van der Waals surface area contributed by atoms with Crippen LogP contribution < -0.4 is 5.56 Å². The number of rotatable bonds is 4. The van der Waals surface area contributed by atoms with Crippen molar-refractivity contribution in [1.82, 2.24) is 14.5 Å². The van der Waals surface area contributed by atoms with E-state index in [1.54, 1.807) is 23.6 Å². The number of aromatic nitrogens is 2. The van der Waals surface area contributed by atoms with Crippen LogP contribution in [0, 0.1) is 0 Å². The molecule has 0 radical (unpaired) electrons. The number of hydrogen-bond donors (Lipinski definition) is 0. The molecule has 142 valence electrons. The second-order valence-corrected chi connectivity index (χ2v) is 7.21. The zero-order chi connectivity index (χ0) is 19.8. The highest BCUT2D eigenvalue weighted by atomic mass is 16.2. The van der Waals surface area contributed by atoms with Crippen molar-refractivity contribution in [2.24, 2.45) is 0 Å². The maximum atomic E-state index is 13.4. The smallest absolute Gasteiger partial charge is 0.262 e. The third-order valence-electron chi connectivity index (χ3n) is 5.56. The van der Waals surface area contributed by atoms with E-state index in [1.165, 1.54) is 0 Å². The zero-order valence-corrected chi connectivity index (χ0v) is 16.1. The lowest BCUT2D eigenvalue weighted by molar-refractivity contribution is -0.142. The lowest BCUT2D eigenvalue weighted by Gasteiger charge is -2.43. The Morgan fingerprint density at radius 1 is 1.11 bits per heavy atom. The van der Waals surface area contributed by atoms with Gasteiger partial charge in [0, 0.05) is 0 Å². The fourth-order valence-corrected chi connectivity index (χ4v) is 4.11. The van der Waals surface area contributed by atoms with Crippen molar-refractivity contribution in [2.45, 2.75) is 38.4 Å². The van der Waals surface area contributed by atoms with Gasteiger partial charge in [-0.15, -0.1) is 6.58 Å². The molecule has 0 saturated heterocycles. The molecule has 2 heterocycles. The third-order valence-corrected chi connectivity index (χ3v) is 5.56. The van der Waals surface area contributed by atoms with Crippen LogP contribution in [-0.2, 0) is 4.79 Å². The first-order chi connectivity index (χ1) is 13.5. The fourth-order valence-electron chi connectivity index (χ4n) is 4.11. The van der Waals surface area contributed by atoms with Gasteiger partial charge in [-0.05, 0) is 38.0 Å². The summed E-state index contributed by atoms with van der Waals surface area (Å²) in [6.45, 7) is 7.66. The van der Waals surface area contributed by atoms with E-state index >= 15 is 0 Å². The van der Waals surface area contributed by atoms with E-state index in [0.29, 0.717) is 23.1 Å². The molecule has 0 bridgehead atoms. The Kier molecular flexibility index (Phi) is 4.59. The molecule has 3 aromatic rings. The number of fused-ring (bicyclic) bond motifs is 2. The highest BCUT2D eigenvalue weighted by molar-refractivity contribution is 5.84. The molecule has 3 atom stereocenters. The SMILES string of the molecule is C=CC[C@H]1c2nc3ccccc3c(=O)n2[C@@H](C)C(=O)N1[C@H](C)c1ccccc1. The first-order valence-corrected chi connectivity index (χ1v) is 9.53. The predicted octanol–water partition coefficient (Wildman–Crippen LogP) is 4.18. The van der Waals surface area contributed by atoms with Gasteiger partial charge in [0.15, 0.2) is 0 Å². The number of amides is 1. The van der Waals surface area contributed by atoms with Crippen LogP contribution in [0.15, 0.2) is 72.0 Å². The summed E-state index contributed by atoms with van der Waals surface area (Å²) < 4.78 is 1.56. The molecule has 5 heteroatoms. The Balaban J connectivity index is 1.94. The minimum atomic E-state index is -0.605. The Morgan fingerprint density at radius 3 is 2.50 bits per heavy atom. The maximum absolute atomic E-state index is 13.4. The van der Waals surface area contributed by atoms with E-state index in [0.717, 1.165) is 5.56 Å². The summed E-state index contributed by atoms with van der Waals surface area (Å²) in [5.74, 6) is 0.549. The molecule has 1 aliphatic rings. The molecule has 0 N–H and O–H groups in total. The minimum Gasteiger partial charge on any atom is -0.324 e. The van der Waals surface area contributed by atoms with Crippen molar-refractivity contribution in [1.29, 1.82) is 0 Å². The average molecular weight is 373 g/mol. The molecule has 1 aliphatic heterocycles. The number of hydrogen-bond acceptors (Lipinski definition) is 3. The molecule has 5 nitrogen and oxygen atoms in total. The van der Waals surface area contributed by atoms with Gasteiger partial charge >= 0.3 is 0 Å². The molecule has 0 unspecified atom stereocenters. The molecule has 2 aromatic carbocycles. The van der Waals surface area contributed by atoms with Crippen LogP contribution in [0.3, 0.4) is 0 Å². The van der Waals surface area contributed by atoms with Crippen molar-refractivity contribution < 1.29 is 4.79 Å². The number of carbonyl (C=O) groups excluding carboxylic acids is 1. The molecule has 28 heavy (non-hydrogen) atoms. The summed E-state index contributed by atoms with van der Waals surface area (Å²) in [6.07, 6.45) is 2.31. The second-order valence-electron chi connectivity index (χ2n) is 7.21. The van der Waals surface area contributed by atoms with E-state index in [-0.39, 0.29) is 23.6 Å². The van der Waals surface area contributed by atoms with Crippen molar-refractivity contribution in [2.75, 3.05) is 0 Å². The Labute approximate surface area is 163 Å². The van der Waals surface area contributed by atoms with Gasteiger partial charge < -0.3 is 4.90 Å². The summed E-state index contributed by atoms with van der Waals surface area (Å²) in [5.41, 5.74) is 1.54. The lowest BCUT2D eigenvalue weighted by Crippen LogP contribution is -2.50. The third kappa shape index (κ3) is 2.74. The van der Waals surface area contributed by atoms with Crippen LogP contribution in [-0.4, -0.2) is 20.4 Å². The van der Waals surface area contributed by atoms with E-state index in [4.69, 9.17) is 4.98 Å². The van der Waals surface area contributed by atoms with Gasteiger partial charge in [-0.1, -0.05) is 48.5 Å². The summed E-state index contributed by atoms with van der Waals surface area (Å²) in [4.78, 5) is 33.2. The van der Waals surface area contributed by atoms with Crippen LogP contribution in [0.5, 0.6) is 0 Å². The molecule has 1 aromatic heterocycles. The molecule has 0 saturated carbocycles. The fraction of sp³-hybridized carbons (Fsp3) is 0.261. The highest BCUT2D eigenvalue weighted by Gasteiger charge is 2.41. The number of para-hydroxylation sites is 1. The number of benzene rings is 2. The van der Waals surface area contributed by atoms with Crippen LogP contribution in [0.25, 0.3) is 10.9 Å². The van der Waals surface area contributed by atoms with Gasteiger partial charge in [-0.2, -0.15) is 0 Å². The lowest BCUT2D eigenvalue weighted by atomic mass is 9.98. The molecule has 0 fully saturated rings. The van der Waals surface area contributed by atoms with Gasteiger partial charge in [0.25, 0.3) is 5.56 Å². The van der Waals surface area contributed by atoms with E-state index < -0.39 is 6.04 Å². The first kappa shape index (κ1) is 18.2. The summed E-state index contributed by atoms with van der Waals surface area (Å²) in [5, 5.41) is 0.535. The molecule has 0 aliphatic carbocycles. The monoisotopic (exact) mass is 373 g/mol. The summed E-state index contributed by atoms with van der Waals surface area (Å²) in [6, 6.07) is 16.1. The first-order valence-electron chi connectivity index (χ1n) is 9.53. The molecular weight excluding hydrogens is 350 g/mol. The molecule has 1 amide bonds. The van der Waals surface area contributed by atoms with Crippen molar-refractivity contribution >= 4 is 16.8 Å². The van der Waals surface area contributed by atoms with E-state index in [9.17, 15) is 9.59 Å². The molecule has 0 spiro atoms. The molecular formula is C23H23N3O2. The van der Waals surface area contributed by atoms with Gasteiger partial charge in [0.1, 0.15) is 11.9 Å². The van der Waals surface area contributed by atoms with Gasteiger partial charge in [0.05, 0.1) is 23.0 Å². The normalized spacial score (nSPS) is 20.1. The Morgan fingerprint density at radius 2 is 1.79 bits per heavy atom. The maximum Gasteiger partial charge on any atom is 0.262 e. The van der Waals surface area contributed by atoms with E-state index in [1.807, 2.05) is 60.4 Å². The van der Waals surface area contributed by atoms with Gasteiger partial charge in [-0.3, -0.25) is 14.2 Å². The van der Waals surface area contributed by atoms with Crippen molar-refractivity contribution in [3.05, 3.63) is 89.0 Å². The summed E-state index contributed by atoms with van der Waals surface area (Å²) >= 11 is 0. The van der Waals surface area contributed by atoms with Gasteiger partial charge in [0.2, 0.25) is 5.91 Å². The second kappa shape index (κ2) is 7.08. The van der Waals surface area contributed by atoms with Crippen LogP contribution in [0.4, 0.5) is 0 Å². The summed E-state index contributed by atoms with van der Waals surface area (Å²) in [7, 11) is 0. The number of carbonyl (C=O) groups is 1. The van der Waals surface area contributed by atoms with Crippen LogP contribution >= 0.6 is 0 Å². The van der Waals surface area contributed by atoms with E-state index in [2.05, 4.69) is 6.58 Å². The van der Waals surface area contributed by atoms with Crippen molar-refractivity contribution in [3.8, 4) is 0 Å². The quantitative estimate of drug-likeness (QED) is 0.645. The standard InChI is InChI=1S/C23H23N3O2/c1-4-10-20-21-24-19-14-9-8-13-18(19)23(28)26(21)16(3)22(27)25(20)15(2)17-11-6-5-7-12-17/h4-9,11-16,20H,1,10H2,2-3H3/t15-,16+,20+/m1/s1. The largest absolute Gasteiger partial charge is 0.324 e. The predicted molar refractivity (Wildman–Crippen MR) is 110 cm³/mol. The van der Waals surface area contributed by atoms with Crippen molar-refractivity contribution in [3.63, 3.8) is 0 Å². The topological polar surface area (TPSA) is 55.2 Å². The number of nitrogens with zero attached hydrogens (tertiary/aromatic N) is 3. The molecule has 4 rings (SSSR count).